The van der Waals surface area contributed by atoms with E-state index < -0.39 is 4.92 Å². The number of carbonyl (C=O) groups excluding carboxylic acids is 1. The zero-order valence-electron chi connectivity index (χ0n) is 9.57. The van der Waals surface area contributed by atoms with E-state index >= 15 is 0 Å². The first kappa shape index (κ1) is 13.9. The number of hydrogen-bond acceptors (Lipinski definition) is 7. The van der Waals surface area contributed by atoms with Crippen LogP contribution in [-0.2, 0) is 0 Å². The summed E-state index contributed by atoms with van der Waals surface area (Å²) >= 11 is 6.54. The first-order valence-corrected chi connectivity index (χ1v) is 6.22. The van der Waals surface area contributed by atoms with Crippen LogP contribution in [0, 0.1) is 21.4 Å². The van der Waals surface area contributed by atoms with Crippen molar-refractivity contribution in [1.29, 1.82) is 5.26 Å². The summed E-state index contributed by atoms with van der Waals surface area (Å²) in [5.74, 6) is -0.0862. The van der Waals surface area contributed by atoms with Gasteiger partial charge in [0.25, 0.3) is 5.19 Å². The van der Waals surface area contributed by atoms with Crippen LogP contribution in [0.15, 0.2) is 18.2 Å². The molecule has 0 saturated heterocycles. The molecule has 0 radical (unpaired) electrons. The molecule has 0 spiro atoms. The number of hydrogen-bond donors (Lipinski definition) is 0. The van der Waals surface area contributed by atoms with Crippen molar-refractivity contribution in [2.45, 2.75) is 0 Å². The highest BCUT2D eigenvalue weighted by Gasteiger charge is 2.19. The van der Waals surface area contributed by atoms with Gasteiger partial charge in [-0.2, -0.15) is 10.2 Å². The highest BCUT2D eigenvalue weighted by atomic mass is 35.5. The Morgan fingerprint density at radius 3 is 2.85 bits per heavy atom. The number of thiazole rings is 1. The Morgan fingerprint density at radius 1 is 1.55 bits per heavy atom. The molecule has 0 saturated carbocycles. The van der Waals surface area contributed by atoms with Gasteiger partial charge in [-0.25, -0.2) is 0 Å². The van der Waals surface area contributed by atoms with Gasteiger partial charge in [0.1, 0.15) is 4.88 Å². The van der Waals surface area contributed by atoms with Crippen molar-refractivity contribution in [2.75, 3.05) is 0 Å². The number of ether oxygens (including phenoxy) is 1. The summed E-state index contributed by atoms with van der Waals surface area (Å²) in [5.41, 5.74) is -0.238. The number of halogens is 1. The summed E-state index contributed by atoms with van der Waals surface area (Å²) in [6.07, 6.45) is 0.514. The molecule has 20 heavy (non-hydrogen) atoms. The van der Waals surface area contributed by atoms with Gasteiger partial charge in [-0.05, 0) is 12.1 Å². The summed E-state index contributed by atoms with van der Waals surface area (Å²) < 4.78 is 5.25. The number of nitrogens with zero attached hydrogens (tertiary/aromatic N) is 3. The van der Waals surface area contributed by atoms with E-state index in [1.165, 1.54) is 12.1 Å². The van der Waals surface area contributed by atoms with E-state index in [1.54, 1.807) is 6.07 Å². The molecular formula is C11H4ClN3O4S. The van der Waals surface area contributed by atoms with E-state index in [0.29, 0.717) is 6.29 Å². The maximum Gasteiger partial charge on any atom is 0.312 e. The lowest BCUT2D eigenvalue weighted by atomic mass is 10.2. The maximum atomic E-state index is 10.9. The molecule has 0 fully saturated rings. The molecular weight excluding hydrogens is 306 g/mol. The normalized spacial score (nSPS) is 9.80. The largest absolute Gasteiger partial charge is 0.423 e. The van der Waals surface area contributed by atoms with Gasteiger partial charge in [0.15, 0.2) is 11.4 Å². The Labute approximate surface area is 121 Å². The van der Waals surface area contributed by atoms with Crippen LogP contribution in [0.4, 0.5) is 5.69 Å². The second kappa shape index (κ2) is 5.64. The van der Waals surface area contributed by atoms with Gasteiger partial charge >= 0.3 is 5.69 Å². The van der Waals surface area contributed by atoms with Crippen molar-refractivity contribution in [3.63, 3.8) is 0 Å². The molecule has 0 N–H and O–H groups in total. The smallest absolute Gasteiger partial charge is 0.312 e. The minimum Gasteiger partial charge on any atom is -0.423 e. The van der Waals surface area contributed by atoms with E-state index in [0.717, 1.165) is 17.4 Å². The van der Waals surface area contributed by atoms with Gasteiger partial charge in [0, 0.05) is 6.07 Å². The van der Waals surface area contributed by atoms with E-state index in [4.69, 9.17) is 21.6 Å². The third kappa shape index (κ3) is 2.74. The van der Waals surface area contributed by atoms with Crippen LogP contribution in [0.1, 0.15) is 15.2 Å². The molecule has 0 aliphatic carbocycles. The van der Waals surface area contributed by atoms with Crippen molar-refractivity contribution in [2.24, 2.45) is 0 Å². The predicted molar refractivity (Wildman–Crippen MR) is 70.4 cm³/mol. The van der Waals surface area contributed by atoms with Crippen LogP contribution in [0.2, 0.25) is 5.15 Å². The summed E-state index contributed by atoms with van der Waals surface area (Å²) in [6.45, 7) is 0. The lowest BCUT2D eigenvalue weighted by Gasteiger charge is -2.02. The van der Waals surface area contributed by atoms with Crippen LogP contribution in [0.5, 0.6) is 10.9 Å². The Bertz CT molecular complexity index is 738. The van der Waals surface area contributed by atoms with E-state index in [2.05, 4.69) is 4.98 Å². The van der Waals surface area contributed by atoms with Crippen LogP contribution in [0.3, 0.4) is 0 Å². The van der Waals surface area contributed by atoms with E-state index in [9.17, 15) is 14.9 Å². The quantitative estimate of drug-likeness (QED) is 0.487. The third-order valence-electron chi connectivity index (χ3n) is 2.18. The molecule has 1 aromatic carbocycles. The second-order valence-corrected chi connectivity index (χ2v) is 4.76. The molecule has 0 amide bonds. The van der Waals surface area contributed by atoms with E-state index in [1.807, 2.05) is 0 Å². The summed E-state index contributed by atoms with van der Waals surface area (Å²) in [4.78, 5) is 24.8. The fourth-order valence-electron chi connectivity index (χ4n) is 1.32. The average molecular weight is 310 g/mol. The zero-order valence-corrected chi connectivity index (χ0v) is 11.1. The van der Waals surface area contributed by atoms with Crippen molar-refractivity contribution in [3.8, 4) is 17.0 Å². The van der Waals surface area contributed by atoms with Crippen LogP contribution in [-0.4, -0.2) is 16.2 Å². The molecule has 100 valence electrons. The van der Waals surface area contributed by atoms with Gasteiger partial charge in [0.05, 0.1) is 16.6 Å². The lowest BCUT2D eigenvalue weighted by Crippen LogP contribution is -1.94. The fraction of sp³-hybridized carbons (Fsp3) is 0. The fourth-order valence-corrected chi connectivity index (χ4v) is 2.24. The summed E-state index contributed by atoms with van der Waals surface area (Å²) in [6, 6.07) is 5.54. The second-order valence-electron chi connectivity index (χ2n) is 3.41. The minimum absolute atomic E-state index is 0.00454. The Hall–Kier alpha value is -2.50. The molecule has 7 nitrogen and oxygen atoms in total. The number of nitro groups is 1. The van der Waals surface area contributed by atoms with Crippen molar-refractivity contribution < 1.29 is 14.5 Å². The highest BCUT2D eigenvalue weighted by molar-refractivity contribution is 7.15. The number of carbonyl (C=O) groups is 1. The molecule has 2 rings (SSSR count). The Balaban J connectivity index is 2.40. The summed E-state index contributed by atoms with van der Waals surface area (Å²) in [7, 11) is 0. The number of benzene rings is 1. The van der Waals surface area contributed by atoms with Crippen LogP contribution >= 0.6 is 22.9 Å². The maximum absolute atomic E-state index is 10.9. The lowest BCUT2D eigenvalue weighted by molar-refractivity contribution is -0.385. The standard InChI is InChI=1S/C11H4ClN3O4S/c12-10-9(5-16)20-11(14-10)19-8-2-1-6(4-13)3-7(8)15(17)18/h1-3,5H. The number of aldehydes is 1. The molecule has 9 heteroatoms. The molecule has 1 heterocycles. The number of rotatable bonds is 4. The number of nitro benzene ring substituents is 1. The Kier molecular flexibility index (Phi) is 3.93. The molecule has 0 atom stereocenters. The van der Waals surface area contributed by atoms with Gasteiger partial charge < -0.3 is 4.74 Å². The van der Waals surface area contributed by atoms with Gasteiger partial charge in [-0.1, -0.05) is 22.9 Å². The number of aromatic nitrogens is 1. The zero-order chi connectivity index (χ0) is 14.7. The SMILES string of the molecule is N#Cc1ccc(Oc2nc(Cl)c(C=O)s2)c([N+](=O)[O-])c1. The molecule has 0 aliphatic heterocycles. The minimum atomic E-state index is -0.675. The Morgan fingerprint density at radius 2 is 2.30 bits per heavy atom. The van der Waals surface area contributed by atoms with Crippen LogP contribution < -0.4 is 4.74 Å². The first-order chi connectivity index (χ1) is 9.55. The van der Waals surface area contributed by atoms with Gasteiger partial charge in [-0.15, -0.1) is 0 Å². The highest BCUT2D eigenvalue weighted by Crippen LogP contribution is 2.35. The van der Waals surface area contributed by atoms with Crippen molar-refractivity contribution in [3.05, 3.63) is 43.9 Å². The van der Waals surface area contributed by atoms with E-state index in [-0.39, 0.29) is 32.2 Å². The monoisotopic (exact) mass is 309 g/mol. The van der Waals surface area contributed by atoms with Crippen molar-refractivity contribution in [1.82, 2.24) is 4.98 Å². The molecule has 1 aromatic heterocycles. The third-order valence-corrected chi connectivity index (χ3v) is 3.44. The molecule has 0 unspecified atom stereocenters. The van der Waals surface area contributed by atoms with Crippen LogP contribution in [0.25, 0.3) is 0 Å². The van der Waals surface area contributed by atoms with Gasteiger partial charge in [-0.3, -0.25) is 14.9 Å². The topological polar surface area (TPSA) is 106 Å². The van der Waals surface area contributed by atoms with Crippen molar-refractivity contribution >= 4 is 34.9 Å². The molecule has 0 bridgehead atoms. The predicted octanol–water partition coefficient (Wildman–Crippen LogP) is 3.18. The average Bonchev–Trinajstić information content (AvgIpc) is 2.79. The van der Waals surface area contributed by atoms with Gasteiger partial charge in [0.2, 0.25) is 5.75 Å². The molecule has 2 aromatic rings. The first-order valence-electron chi connectivity index (χ1n) is 5.03. The summed E-state index contributed by atoms with van der Waals surface area (Å²) in [5, 5.41) is 19.6. The number of nitriles is 1. The molecule has 0 aliphatic rings.